The number of nitrogens with one attached hydrogen (secondary N) is 1. The third-order valence-corrected chi connectivity index (χ3v) is 6.61. The van der Waals surface area contributed by atoms with Crippen molar-refractivity contribution in [2.45, 2.75) is 13.3 Å². The Balaban J connectivity index is 1.38. The van der Waals surface area contributed by atoms with Gasteiger partial charge in [-0.3, -0.25) is 19.3 Å². The maximum absolute atomic E-state index is 12.9. The average Bonchev–Trinajstić information content (AvgIpc) is 3.06. The maximum Gasteiger partial charge on any atom is 0.338 e. The van der Waals surface area contributed by atoms with Crippen LogP contribution in [0, 0.1) is 17.8 Å². The Labute approximate surface area is 200 Å². The van der Waals surface area contributed by atoms with Gasteiger partial charge in [0.25, 0.3) is 5.91 Å². The number of nitrogens with zero attached hydrogens (tertiary/aromatic N) is 1. The summed E-state index contributed by atoms with van der Waals surface area (Å²) in [5.74, 6) is -2.48. The molecule has 1 fully saturated rings. The molecule has 0 bridgehead atoms. The van der Waals surface area contributed by atoms with Gasteiger partial charge in [0.15, 0.2) is 6.61 Å². The van der Waals surface area contributed by atoms with Crippen LogP contribution in [0.15, 0.2) is 54.6 Å². The number of amides is 3. The molecule has 0 radical (unpaired) electrons. The van der Waals surface area contributed by atoms with Gasteiger partial charge in [-0.2, -0.15) is 0 Å². The lowest BCUT2D eigenvalue weighted by Crippen LogP contribution is -2.31. The minimum Gasteiger partial charge on any atom is -0.452 e. The molecule has 2 aromatic carbocycles. The molecule has 0 unspecified atom stereocenters. The van der Waals surface area contributed by atoms with Gasteiger partial charge in [-0.15, -0.1) is 0 Å². The largest absolute Gasteiger partial charge is 0.452 e. The summed E-state index contributed by atoms with van der Waals surface area (Å²) in [7, 11) is 0. The van der Waals surface area contributed by atoms with Crippen LogP contribution in [0.5, 0.6) is 0 Å². The van der Waals surface area contributed by atoms with Crippen molar-refractivity contribution in [3.63, 3.8) is 0 Å². The molecule has 1 aliphatic carbocycles. The number of benzene rings is 2. The summed E-state index contributed by atoms with van der Waals surface area (Å²) in [4.78, 5) is 51.3. The van der Waals surface area contributed by atoms with Crippen molar-refractivity contribution in [2.24, 2.45) is 17.8 Å². The molecule has 7 nitrogen and oxygen atoms in total. The number of allylic oxidation sites excluding steroid dienone is 2. The number of ether oxygens (including phenoxy) is 1. The van der Waals surface area contributed by atoms with E-state index in [0.29, 0.717) is 17.8 Å². The van der Waals surface area contributed by atoms with E-state index in [1.807, 2.05) is 19.1 Å². The molecule has 0 spiro atoms. The van der Waals surface area contributed by atoms with Crippen molar-refractivity contribution < 1.29 is 23.9 Å². The molecule has 4 rings (SSSR count). The zero-order chi connectivity index (χ0) is 23.7. The lowest BCUT2D eigenvalue weighted by atomic mass is 9.78. The average molecular weight is 487 g/mol. The minimum atomic E-state index is -0.723. The summed E-state index contributed by atoms with van der Waals surface area (Å²) in [5, 5.41) is 2.99. The van der Waals surface area contributed by atoms with Gasteiger partial charge >= 0.3 is 5.97 Å². The van der Waals surface area contributed by atoms with E-state index in [1.54, 1.807) is 18.2 Å². The molecular weight excluding hydrogens is 467 g/mol. The normalized spacial score (nSPS) is 21.7. The van der Waals surface area contributed by atoms with Crippen LogP contribution in [0.3, 0.4) is 0 Å². The number of fused-ring (bicyclic) bond motifs is 1. The van der Waals surface area contributed by atoms with Gasteiger partial charge in [-0.05, 0) is 48.7 Å². The Morgan fingerprint density at radius 1 is 1.09 bits per heavy atom. The molecule has 0 saturated carbocycles. The number of hydrogen-bond acceptors (Lipinski definition) is 5. The van der Waals surface area contributed by atoms with E-state index in [-0.39, 0.29) is 45.2 Å². The first-order chi connectivity index (χ1) is 15.8. The number of anilines is 2. The van der Waals surface area contributed by atoms with Gasteiger partial charge in [0, 0.05) is 0 Å². The zero-order valence-corrected chi connectivity index (χ0v) is 19.1. The Kier molecular flexibility index (Phi) is 6.54. The highest BCUT2D eigenvalue weighted by atomic mass is 35.5. The predicted octanol–water partition coefficient (Wildman–Crippen LogP) is 4.49. The van der Waals surface area contributed by atoms with E-state index in [9.17, 15) is 19.2 Å². The van der Waals surface area contributed by atoms with Crippen LogP contribution in [0.25, 0.3) is 0 Å². The van der Waals surface area contributed by atoms with Gasteiger partial charge in [-0.1, -0.05) is 48.3 Å². The standard InChI is InChI=1S/C24H20Cl2N2O5/c1-13-4-2-5-16-20(13)23(31)28(22(16)30)15-10-8-14(9-11-15)24(32)33-12-19(29)27-18-7-3-6-17(25)21(18)26/h2-4,6-11,13,16,20H,5,12H2,1H3,(H,27,29)/t13-,16-,20-/m1/s1. The van der Waals surface area contributed by atoms with Crippen molar-refractivity contribution in [3.05, 3.63) is 70.2 Å². The van der Waals surface area contributed by atoms with Gasteiger partial charge in [0.2, 0.25) is 11.8 Å². The number of carbonyl (C=O) groups is 4. The van der Waals surface area contributed by atoms with Crippen LogP contribution in [-0.2, 0) is 19.1 Å². The monoisotopic (exact) mass is 486 g/mol. The van der Waals surface area contributed by atoms with E-state index in [1.165, 1.54) is 29.2 Å². The third kappa shape index (κ3) is 4.51. The molecule has 170 valence electrons. The SMILES string of the molecule is C[C@@H]1C=CC[C@H]2C(=O)N(c3ccc(C(=O)OCC(=O)Nc4cccc(Cl)c4Cl)cc3)C(=O)[C@H]12. The predicted molar refractivity (Wildman–Crippen MR) is 124 cm³/mol. The fourth-order valence-corrected chi connectivity index (χ4v) is 4.50. The fourth-order valence-electron chi connectivity index (χ4n) is 4.15. The highest BCUT2D eigenvalue weighted by molar-refractivity contribution is 6.44. The summed E-state index contributed by atoms with van der Waals surface area (Å²) in [6, 6.07) is 10.7. The first-order valence-electron chi connectivity index (χ1n) is 10.3. The van der Waals surface area contributed by atoms with Gasteiger partial charge < -0.3 is 10.1 Å². The third-order valence-electron chi connectivity index (χ3n) is 5.79. The van der Waals surface area contributed by atoms with E-state index < -0.39 is 18.5 Å². The number of carbonyl (C=O) groups excluding carboxylic acids is 4. The smallest absolute Gasteiger partial charge is 0.338 e. The van der Waals surface area contributed by atoms with Crippen LogP contribution < -0.4 is 10.2 Å². The van der Waals surface area contributed by atoms with Crippen molar-refractivity contribution >= 4 is 58.3 Å². The molecule has 3 amide bonds. The van der Waals surface area contributed by atoms with E-state index in [2.05, 4.69) is 5.32 Å². The zero-order valence-electron chi connectivity index (χ0n) is 17.6. The highest BCUT2D eigenvalue weighted by Crippen LogP contribution is 2.40. The molecular formula is C24H20Cl2N2O5. The van der Waals surface area contributed by atoms with Crippen LogP contribution in [0.1, 0.15) is 23.7 Å². The molecule has 1 N–H and O–H groups in total. The van der Waals surface area contributed by atoms with Crippen LogP contribution in [-0.4, -0.2) is 30.3 Å². The Bertz CT molecular complexity index is 1160. The van der Waals surface area contributed by atoms with E-state index in [4.69, 9.17) is 27.9 Å². The molecule has 0 aromatic heterocycles. The number of hydrogen-bond donors (Lipinski definition) is 1. The first kappa shape index (κ1) is 23.0. The molecule has 1 saturated heterocycles. The van der Waals surface area contributed by atoms with Crippen LogP contribution in [0.2, 0.25) is 10.0 Å². The Morgan fingerprint density at radius 2 is 1.82 bits per heavy atom. The lowest BCUT2D eigenvalue weighted by molar-refractivity contribution is -0.123. The quantitative estimate of drug-likeness (QED) is 0.381. The van der Waals surface area contributed by atoms with Crippen LogP contribution in [0.4, 0.5) is 11.4 Å². The van der Waals surface area contributed by atoms with E-state index >= 15 is 0 Å². The second-order valence-corrected chi connectivity index (χ2v) is 8.72. The van der Waals surface area contributed by atoms with Gasteiger partial charge in [0.05, 0.1) is 38.8 Å². The number of halogens is 2. The Hall–Kier alpha value is -3.16. The first-order valence-corrected chi connectivity index (χ1v) is 11.1. The molecule has 1 heterocycles. The molecule has 2 aliphatic rings. The molecule has 3 atom stereocenters. The summed E-state index contributed by atoms with van der Waals surface area (Å²) >= 11 is 11.9. The number of rotatable bonds is 5. The summed E-state index contributed by atoms with van der Waals surface area (Å²) < 4.78 is 5.05. The van der Waals surface area contributed by atoms with Crippen molar-refractivity contribution in [2.75, 3.05) is 16.8 Å². The fraction of sp³-hybridized carbons (Fsp3) is 0.250. The summed E-state index contributed by atoms with van der Waals surface area (Å²) in [6.07, 6.45) is 4.45. The lowest BCUT2D eigenvalue weighted by Gasteiger charge is -2.22. The van der Waals surface area contributed by atoms with Gasteiger partial charge in [-0.25, -0.2) is 4.79 Å². The second kappa shape index (κ2) is 9.37. The van der Waals surface area contributed by atoms with Gasteiger partial charge in [0.1, 0.15) is 0 Å². The number of esters is 1. The Morgan fingerprint density at radius 3 is 2.52 bits per heavy atom. The highest BCUT2D eigenvalue weighted by Gasteiger charge is 2.50. The maximum atomic E-state index is 12.9. The minimum absolute atomic E-state index is 0.00705. The van der Waals surface area contributed by atoms with Crippen molar-refractivity contribution in [1.82, 2.24) is 0 Å². The summed E-state index contributed by atoms with van der Waals surface area (Å²) in [6.45, 7) is 1.40. The van der Waals surface area contributed by atoms with Crippen LogP contribution >= 0.6 is 23.2 Å². The summed E-state index contributed by atoms with van der Waals surface area (Å²) in [5.41, 5.74) is 0.884. The molecule has 33 heavy (non-hydrogen) atoms. The molecule has 9 heteroatoms. The molecule has 2 aromatic rings. The second-order valence-electron chi connectivity index (χ2n) is 7.94. The number of imide groups is 1. The van der Waals surface area contributed by atoms with E-state index in [0.717, 1.165) is 0 Å². The van der Waals surface area contributed by atoms with Crippen molar-refractivity contribution in [3.8, 4) is 0 Å². The van der Waals surface area contributed by atoms with Crippen molar-refractivity contribution in [1.29, 1.82) is 0 Å². The topological polar surface area (TPSA) is 92.8 Å². The molecule has 1 aliphatic heterocycles.